The van der Waals surface area contributed by atoms with Gasteiger partial charge in [0.15, 0.2) is 0 Å². The van der Waals surface area contributed by atoms with E-state index in [0.29, 0.717) is 23.3 Å². The SMILES string of the molecule is CCCCOC(=O)C1=C(C)Nc2nc(SCC)nn2C1c1cccc(OC)c1. The Morgan fingerprint density at radius 2 is 2.18 bits per heavy atom. The average Bonchev–Trinajstić information content (AvgIpc) is 3.09. The third kappa shape index (κ3) is 4.16. The molecule has 1 aromatic carbocycles. The third-order valence-corrected chi connectivity index (χ3v) is 5.19. The van der Waals surface area contributed by atoms with E-state index in [9.17, 15) is 4.79 Å². The van der Waals surface area contributed by atoms with Gasteiger partial charge in [0.1, 0.15) is 11.8 Å². The highest BCUT2D eigenvalue weighted by Gasteiger charge is 2.35. The van der Waals surface area contributed by atoms with Crippen LogP contribution in [0.2, 0.25) is 0 Å². The molecular weight excluding hydrogens is 376 g/mol. The molecule has 3 rings (SSSR count). The number of allylic oxidation sites excluding steroid dienone is 1. The lowest BCUT2D eigenvalue weighted by Crippen LogP contribution is -2.29. The number of carbonyl (C=O) groups excluding carboxylic acids is 1. The molecule has 7 nitrogen and oxygen atoms in total. The molecule has 0 aliphatic carbocycles. The lowest BCUT2D eigenvalue weighted by molar-refractivity contribution is -0.139. The summed E-state index contributed by atoms with van der Waals surface area (Å²) in [5, 5.41) is 8.53. The fourth-order valence-corrected chi connectivity index (χ4v) is 3.65. The Kier molecular flexibility index (Phi) is 6.61. The quantitative estimate of drug-likeness (QED) is 0.406. The summed E-state index contributed by atoms with van der Waals surface area (Å²) < 4.78 is 12.7. The highest BCUT2D eigenvalue weighted by atomic mass is 32.2. The molecule has 0 saturated carbocycles. The van der Waals surface area contributed by atoms with Gasteiger partial charge in [-0.1, -0.05) is 44.2 Å². The van der Waals surface area contributed by atoms with Crippen LogP contribution in [-0.4, -0.2) is 40.2 Å². The minimum absolute atomic E-state index is 0.336. The number of unbranched alkanes of at least 4 members (excludes halogenated alkanes) is 1. The Bertz CT molecular complexity index is 878. The number of aromatic nitrogens is 3. The van der Waals surface area contributed by atoms with Crippen molar-refractivity contribution in [1.82, 2.24) is 14.8 Å². The Labute approximate surface area is 169 Å². The fraction of sp³-hybridized carbons (Fsp3) is 0.450. The van der Waals surface area contributed by atoms with Crippen molar-refractivity contribution in [2.24, 2.45) is 0 Å². The van der Waals surface area contributed by atoms with E-state index in [4.69, 9.17) is 9.47 Å². The number of benzene rings is 1. The number of hydrogen-bond donors (Lipinski definition) is 1. The molecular formula is C20H26N4O3S. The number of thioether (sulfide) groups is 1. The molecule has 0 amide bonds. The van der Waals surface area contributed by atoms with Gasteiger partial charge in [0.2, 0.25) is 11.1 Å². The predicted octanol–water partition coefficient (Wildman–Crippen LogP) is 4.03. The maximum atomic E-state index is 12.9. The molecule has 2 aromatic rings. The van der Waals surface area contributed by atoms with Crippen molar-refractivity contribution in [2.45, 2.75) is 44.8 Å². The number of nitrogens with one attached hydrogen (secondary N) is 1. The zero-order chi connectivity index (χ0) is 20.1. The molecule has 1 aliphatic heterocycles. The van der Waals surface area contributed by atoms with Crippen LogP contribution < -0.4 is 10.1 Å². The van der Waals surface area contributed by atoms with Gasteiger partial charge in [-0.15, -0.1) is 5.10 Å². The Balaban J connectivity index is 2.05. The molecule has 0 saturated heterocycles. The van der Waals surface area contributed by atoms with Crippen LogP contribution in [0.15, 0.2) is 40.7 Å². The van der Waals surface area contributed by atoms with E-state index in [0.717, 1.165) is 35.6 Å². The highest BCUT2D eigenvalue weighted by molar-refractivity contribution is 7.99. The van der Waals surface area contributed by atoms with Gasteiger partial charge < -0.3 is 14.8 Å². The van der Waals surface area contributed by atoms with Gasteiger partial charge in [-0.05, 0) is 36.8 Å². The van der Waals surface area contributed by atoms with Crippen LogP contribution in [-0.2, 0) is 9.53 Å². The van der Waals surface area contributed by atoms with Crippen LogP contribution in [0, 0.1) is 0 Å². The third-order valence-electron chi connectivity index (χ3n) is 4.47. The second-order valence-corrected chi connectivity index (χ2v) is 7.66. The van der Waals surface area contributed by atoms with Crippen LogP contribution in [0.25, 0.3) is 0 Å². The monoisotopic (exact) mass is 402 g/mol. The zero-order valence-electron chi connectivity index (χ0n) is 16.7. The second kappa shape index (κ2) is 9.14. The smallest absolute Gasteiger partial charge is 0.338 e. The van der Waals surface area contributed by atoms with Crippen molar-refractivity contribution in [3.05, 3.63) is 41.1 Å². The number of hydrogen-bond acceptors (Lipinski definition) is 7. The van der Waals surface area contributed by atoms with E-state index in [1.807, 2.05) is 31.2 Å². The van der Waals surface area contributed by atoms with E-state index in [1.165, 1.54) is 0 Å². The molecule has 1 unspecified atom stereocenters. The molecule has 0 bridgehead atoms. The van der Waals surface area contributed by atoms with Gasteiger partial charge in [-0.25, -0.2) is 9.48 Å². The largest absolute Gasteiger partial charge is 0.497 e. The predicted molar refractivity (Wildman–Crippen MR) is 110 cm³/mol. The highest BCUT2D eigenvalue weighted by Crippen LogP contribution is 2.37. The average molecular weight is 403 g/mol. The maximum absolute atomic E-state index is 12.9. The number of nitrogens with zero attached hydrogens (tertiary/aromatic N) is 3. The molecule has 0 radical (unpaired) electrons. The van der Waals surface area contributed by atoms with Crippen molar-refractivity contribution in [1.29, 1.82) is 0 Å². The molecule has 1 N–H and O–H groups in total. The summed E-state index contributed by atoms with van der Waals surface area (Å²) >= 11 is 1.56. The van der Waals surface area contributed by atoms with Gasteiger partial charge >= 0.3 is 5.97 Å². The van der Waals surface area contributed by atoms with Gasteiger partial charge in [0, 0.05) is 5.70 Å². The summed E-state index contributed by atoms with van der Waals surface area (Å²) in [6.45, 7) is 6.39. The number of esters is 1. The number of methoxy groups -OCH3 is 1. The standard InChI is InChI=1S/C20H26N4O3S/c1-5-7-11-27-18(25)16-13(3)21-19-22-20(28-6-2)23-24(19)17(16)14-9-8-10-15(12-14)26-4/h8-10,12,17H,5-7,11H2,1-4H3,(H,21,22,23). The van der Waals surface area contributed by atoms with Crippen molar-refractivity contribution in [3.63, 3.8) is 0 Å². The molecule has 2 heterocycles. The number of rotatable bonds is 8. The fourth-order valence-electron chi connectivity index (χ4n) is 3.09. The Hall–Kier alpha value is -2.48. The zero-order valence-corrected chi connectivity index (χ0v) is 17.5. The molecule has 150 valence electrons. The van der Waals surface area contributed by atoms with E-state index >= 15 is 0 Å². The van der Waals surface area contributed by atoms with Crippen LogP contribution in [0.5, 0.6) is 5.75 Å². The van der Waals surface area contributed by atoms with E-state index in [-0.39, 0.29) is 5.97 Å². The second-order valence-electron chi connectivity index (χ2n) is 6.43. The first kappa shape index (κ1) is 20.3. The minimum Gasteiger partial charge on any atom is -0.497 e. The Morgan fingerprint density at radius 1 is 1.36 bits per heavy atom. The van der Waals surface area contributed by atoms with Crippen molar-refractivity contribution in [2.75, 3.05) is 24.8 Å². The van der Waals surface area contributed by atoms with Gasteiger partial charge in [0.25, 0.3) is 0 Å². The summed E-state index contributed by atoms with van der Waals surface area (Å²) in [4.78, 5) is 17.5. The van der Waals surface area contributed by atoms with Crippen molar-refractivity contribution >= 4 is 23.7 Å². The van der Waals surface area contributed by atoms with E-state index < -0.39 is 6.04 Å². The normalized spacial score (nSPS) is 15.8. The van der Waals surface area contributed by atoms with E-state index in [2.05, 4.69) is 29.2 Å². The van der Waals surface area contributed by atoms with E-state index in [1.54, 1.807) is 23.6 Å². The lowest BCUT2D eigenvalue weighted by atomic mass is 9.95. The Morgan fingerprint density at radius 3 is 2.89 bits per heavy atom. The number of anilines is 1. The molecule has 0 fully saturated rings. The molecule has 1 atom stereocenters. The van der Waals surface area contributed by atoms with Crippen molar-refractivity contribution < 1.29 is 14.3 Å². The maximum Gasteiger partial charge on any atom is 0.338 e. The van der Waals surface area contributed by atoms with Crippen molar-refractivity contribution in [3.8, 4) is 5.75 Å². The molecule has 8 heteroatoms. The summed E-state index contributed by atoms with van der Waals surface area (Å²) in [6, 6.07) is 7.23. The number of carbonyl (C=O) groups is 1. The lowest BCUT2D eigenvalue weighted by Gasteiger charge is -2.28. The van der Waals surface area contributed by atoms with Crippen LogP contribution in [0.1, 0.15) is 45.2 Å². The van der Waals surface area contributed by atoms with Crippen LogP contribution >= 0.6 is 11.8 Å². The number of ether oxygens (including phenoxy) is 2. The first-order valence-corrected chi connectivity index (χ1v) is 10.5. The molecule has 0 spiro atoms. The summed E-state index contributed by atoms with van der Waals surface area (Å²) in [5.41, 5.74) is 2.15. The molecule has 1 aromatic heterocycles. The van der Waals surface area contributed by atoms with Gasteiger partial charge in [0.05, 0.1) is 19.3 Å². The van der Waals surface area contributed by atoms with Crippen LogP contribution in [0.4, 0.5) is 5.95 Å². The summed E-state index contributed by atoms with van der Waals surface area (Å²) in [7, 11) is 1.62. The van der Waals surface area contributed by atoms with Gasteiger partial charge in [-0.2, -0.15) is 4.98 Å². The molecule has 28 heavy (non-hydrogen) atoms. The summed E-state index contributed by atoms with van der Waals surface area (Å²) in [6.07, 6.45) is 1.80. The molecule has 1 aliphatic rings. The first-order chi connectivity index (χ1) is 13.6. The van der Waals surface area contributed by atoms with Gasteiger partial charge in [-0.3, -0.25) is 0 Å². The first-order valence-electron chi connectivity index (χ1n) is 9.47. The van der Waals surface area contributed by atoms with Crippen LogP contribution in [0.3, 0.4) is 0 Å². The minimum atomic E-state index is -0.431. The number of fused-ring (bicyclic) bond motifs is 1. The summed E-state index contributed by atoms with van der Waals surface area (Å²) in [5.74, 6) is 1.87. The topological polar surface area (TPSA) is 78.3 Å².